The molecule has 0 bridgehead atoms. The van der Waals surface area contributed by atoms with Crippen LogP contribution in [0.3, 0.4) is 0 Å². The molecule has 0 amide bonds. The number of nitrogen functional groups attached to an aromatic ring is 1. The molecule has 0 fully saturated rings. The summed E-state index contributed by atoms with van der Waals surface area (Å²) in [5.74, 6) is 7.35. The number of ether oxygens (including phenoxy) is 1. The van der Waals surface area contributed by atoms with Crippen LogP contribution in [0.2, 0.25) is 0 Å². The fourth-order valence-corrected chi connectivity index (χ4v) is 2.04. The Balaban J connectivity index is 2.15. The Bertz CT molecular complexity index is 582. The van der Waals surface area contributed by atoms with E-state index >= 15 is 0 Å². The minimum atomic E-state index is 0.426. The fraction of sp³-hybridized carbons (Fsp3) is 0.312. The number of rotatable bonds is 5. The fourth-order valence-electron chi connectivity index (χ4n) is 2.04. The van der Waals surface area contributed by atoms with Gasteiger partial charge in [-0.2, -0.15) is 0 Å². The van der Waals surface area contributed by atoms with Gasteiger partial charge in [0.25, 0.3) is 0 Å². The van der Waals surface area contributed by atoms with Gasteiger partial charge in [0.05, 0.1) is 5.69 Å². The Morgan fingerprint density at radius 1 is 1.25 bits per heavy atom. The number of nitrogens with zero attached hydrogens (tertiary/aromatic N) is 1. The quantitative estimate of drug-likeness (QED) is 0.646. The van der Waals surface area contributed by atoms with E-state index in [-0.39, 0.29) is 0 Å². The Morgan fingerprint density at radius 3 is 2.75 bits per heavy atom. The molecule has 2 rings (SSSR count). The van der Waals surface area contributed by atoms with Crippen LogP contribution >= 0.6 is 0 Å². The van der Waals surface area contributed by atoms with E-state index in [4.69, 9.17) is 10.6 Å². The highest BCUT2D eigenvalue weighted by atomic mass is 16.5. The van der Waals surface area contributed by atoms with Crippen molar-refractivity contribution in [3.05, 3.63) is 53.2 Å². The van der Waals surface area contributed by atoms with Crippen LogP contribution in [0.1, 0.15) is 36.6 Å². The summed E-state index contributed by atoms with van der Waals surface area (Å²) in [6, 6.07) is 11.9. The number of benzene rings is 1. The number of hydrazine groups is 1. The molecular formula is C16H21N3O. The van der Waals surface area contributed by atoms with Crippen LogP contribution in [0.15, 0.2) is 36.4 Å². The second-order valence-electron chi connectivity index (χ2n) is 5.14. The maximum Gasteiger partial charge on any atom is 0.140 e. The molecule has 0 atom stereocenters. The summed E-state index contributed by atoms with van der Waals surface area (Å²) in [6.45, 7) is 6.82. The first-order valence-electron chi connectivity index (χ1n) is 6.76. The van der Waals surface area contributed by atoms with E-state index < -0.39 is 0 Å². The van der Waals surface area contributed by atoms with Crippen LogP contribution in [-0.4, -0.2) is 4.98 Å². The molecule has 0 spiro atoms. The number of aromatic nitrogens is 1. The van der Waals surface area contributed by atoms with Crippen LogP contribution in [0.5, 0.6) is 5.75 Å². The lowest BCUT2D eigenvalue weighted by atomic mass is 10.0. The Kier molecular flexibility index (Phi) is 4.58. The lowest BCUT2D eigenvalue weighted by Crippen LogP contribution is -2.10. The van der Waals surface area contributed by atoms with Crippen molar-refractivity contribution in [3.8, 4) is 5.75 Å². The normalized spacial score (nSPS) is 10.7. The molecule has 0 aliphatic carbocycles. The highest BCUT2D eigenvalue weighted by Crippen LogP contribution is 2.28. The lowest BCUT2D eigenvalue weighted by Gasteiger charge is -2.15. The number of nitrogens with one attached hydrogen (secondary N) is 1. The predicted octanol–water partition coefficient (Wildman–Crippen LogP) is 3.38. The molecule has 0 radical (unpaired) electrons. The second-order valence-corrected chi connectivity index (χ2v) is 5.14. The molecule has 4 heteroatoms. The number of pyridine rings is 1. The van der Waals surface area contributed by atoms with Crippen molar-refractivity contribution >= 4 is 5.82 Å². The predicted molar refractivity (Wildman–Crippen MR) is 81.6 cm³/mol. The van der Waals surface area contributed by atoms with Crippen molar-refractivity contribution in [1.82, 2.24) is 4.98 Å². The van der Waals surface area contributed by atoms with Crippen molar-refractivity contribution in [2.45, 2.75) is 33.3 Å². The topological polar surface area (TPSA) is 60.2 Å². The summed E-state index contributed by atoms with van der Waals surface area (Å²) in [5, 5.41) is 0. The summed E-state index contributed by atoms with van der Waals surface area (Å²) in [6.07, 6.45) is 0. The zero-order valence-electron chi connectivity index (χ0n) is 12.2. The molecule has 0 aliphatic heterocycles. The number of aryl methyl sites for hydroxylation is 1. The van der Waals surface area contributed by atoms with Crippen LogP contribution in [0.25, 0.3) is 0 Å². The molecule has 106 valence electrons. The van der Waals surface area contributed by atoms with E-state index in [0.717, 1.165) is 11.4 Å². The van der Waals surface area contributed by atoms with Crippen LogP contribution in [0, 0.1) is 6.92 Å². The smallest absolute Gasteiger partial charge is 0.140 e. The lowest BCUT2D eigenvalue weighted by molar-refractivity contribution is 0.297. The van der Waals surface area contributed by atoms with Gasteiger partial charge in [-0.1, -0.05) is 32.0 Å². The molecule has 1 aromatic heterocycles. The largest absolute Gasteiger partial charge is 0.487 e. The zero-order chi connectivity index (χ0) is 14.5. The first-order chi connectivity index (χ1) is 9.60. The van der Waals surface area contributed by atoms with E-state index in [1.54, 1.807) is 0 Å². The molecule has 3 N–H and O–H groups in total. The van der Waals surface area contributed by atoms with Gasteiger partial charge in [0.1, 0.15) is 18.2 Å². The zero-order valence-corrected chi connectivity index (χ0v) is 12.2. The first-order valence-corrected chi connectivity index (χ1v) is 6.76. The second kappa shape index (κ2) is 6.39. The summed E-state index contributed by atoms with van der Waals surface area (Å²) < 4.78 is 5.93. The van der Waals surface area contributed by atoms with Gasteiger partial charge >= 0.3 is 0 Å². The van der Waals surface area contributed by atoms with Gasteiger partial charge in [0.2, 0.25) is 0 Å². The molecule has 4 nitrogen and oxygen atoms in total. The molecule has 2 aromatic rings. The maximum atomic E-state index is 5.93. The van der Waals surface area contributed by atoms with Crippen molar-refractivity contribution in [3.63, 3.8) is 0 Å². The summed E-state index contributed by atoms with van der Waals surface area (Å²) in [4.78, 5) is 4.34. The Labute approximate surface area is 120 Å². The molecule has 0 unspecified atom stereocenters. The summed E-state index contributed by atoms with van der Waals surface area (Å²) in [5.41, 5.74) is 5.78. The minimum Gasteiger partial charge on any atom is -0.487 e. The monoisotopic (exact) mass is 271 g/mol. The van der Waals surface area contributed by atoms with Gasteiger partial charge in [-0.15, -0.1) is 0 Å². The van der Waals surface area contributed by atoms with E-state index in [2.05, 4.69) is 49.4 Å². The average Bonchev–Trinajstić information content (AvgIpc) is 2.45. The van der Waals surface area contributed by atoms with Crippen molar-refractivity contribution < 1.29 is 4.74 Å². The van der Waals surface area contributed by atoms with Gasteiger partial charge < -0.3 is 10.2 Å². The standard InChI is InChI=1S/C16H21N3O/c1-11(2)14-8-7-12(3)9-15(14)20-10-13-5-4-6-16(18-13)19-17/h4-9,11H,10,17H2,1-3H3,(H,18,19). The van der Waals surface area contributed by atoms with Crippen LogP contribution < -0.4 is 16.0 Å². The minimum absolute atomic E-state index is 0.426. The third-order valence-corrected chi connectivity index (χ3v) is 3.12. The SMILES string of the molecule is Cc1ccc(C(C)C)c(OCc2cccc(NN)n2)c1. The molecule has 1 aromatic carbocycles. The maximum absolute atomic E-state index is 5.93. The molecule has 0 aliphatic rings. The van der Waals surface area contributed by atoms with Crippen molar-refractivity contribution in [2.75, 3.05) is 5.43 Å². The van der Waals surface area contributed by atoms with Gasteiger partial charge in [0.15, 0.2) is 0 Å². The molecule has 0 saturated carbocycles. The van der Waals surface area contributed by atoms with E-state index in [0.29, 0.717) is 18.3 Å². The molecule has 20 heavy (non-hydrogen) atoms. The molecule has 0 saturated heterocycles. The van der Waals surface area contributed by atoms with Gasteiger partial charge in [0, 0.05) is 0 Å². The van der Waals surface area contributed by atoms with Crippen LogP contribution in [-0.2, 0) is 6.61 Å². The summed E-state index contributed by atoms with van der Waals surface area (Å²) >= 11 is 0. The van der Waals surface area contributed by atoms with Gasteiger partial charge in [-0.05, 0) is 42.2 Å². The van der Waals surface area contributed by atoms with E-state index in [9.17, 15) is 0 Å². The third-order valence-electron chi connectivity index (χ3n) is 3.12. The highest BCUT2D eigenvalue weighted by molar-refractivity contribution is 5.39. The van der Waals surface area contributed by atoms with E-state index in [1.807, 2.05) is 18.2 Å². The van der Waals surface area contributed by atoms with Crippen molar-refractivity contribution in [1.29, 1.82) is 0 Å². The summed E-state index contributed by atoms with van der Waals surface area (Å²) in [7, 11) is 0. The Morgan fingerprint density at radius 2 is 2.05 bits per heavy atom. The third kappa shape index (κ3) is 3.48. The van der Waals surface area contributed by atoms with Crippen molar-refractivity contribution in [2.24, 2.45) is 5.84 Å². The van der Waals surface area contributed by atoms with Gasteiger partial charge in [-0.25, -0.2) is 10.8 Å². The number of nitrogens with two attached hydrogens (primary N) is 1. The highest BCUT2D eigenvalue weighted by Gasteiger charge is 2.08. The van der Waals surface area contributed by atoms with Gasteiger partial charge in [-0.3, -0.25) is 0 Å². The van der Waals surface area contributed by atoms with E-state index in [1.165, 1.54) is 11.1 Å². The first kappa shape index (κ1) is 14.3. The van der Waals surface area contributed by atoms with Crippen LogP contribution in [0.4, 0.5) is 5.82 Å². The Hall–Kier alpha value is -2.07. The molecule has 1 heterocycles. The molecular weight excluding hydrogens is 250 g/mol. The number of hydrogen-bond acceptors (Lipinski definition) is 4. The average molecular weight is 271 g/mol. The number of hydrogen-bond donors (Lipinski definition) is 2. The number of anilines is 1.